The number of rotatable bonds is 2. The van der Waals surface area contributed by atoms with Gasteiger partial charge in [0.2, 0.25) is 0 Å². The van der Waals surface area contributed by atoms with Gasteiger partial charge in [0.05, 0.1) is 24.6 Å². The lowest BCUT2D eigenvalue weighted by Gasteiger charge is -2.45. The van der Waals surface area contributed by atoms with Gasteiger partial charge in [0.15, 0.2) is 0 Å². The van der Waals surface area contributed by atoms with E-state index in [2.05, 4.69) is 4.90 Å². The first-order valence-electron chi connectivity index (χ1n) is 7.03. The Labute approximate surface area is 118 Å². The Morgan fingerprint density at radius 3 is 3.00 bits per heavy atom. The third-order valence-corrected chi connectivity index (χ3v) is 4.54. The molecule has 1 aromatic rings. The highest BCUT2D eigenvalue weighted by molar-refractivity contribution is 6.17. The smallest absolute Gasteiger partial charge is 0.129 e. The van der Waals surface area contributed by atoms with E-state index in [0.29, 0.717) is 17.7 Å². The van der Waals surface area contributed by atoms with Crippen LogP contribution < -0.4 is 4.90 Å². The molecule has 1 aromatic carbocycles. The number of ether oxygens (including phenoxy) is 1. The number of halogens is 2. The predicted molar refractivity (Wildman–Crippen MR) is 75.3 cm³/mol. The molecule has 1 saturated carbocycles. The minimum atomic E-state index is -0.202. The second-order valence-corrected chi connectivity index (χ2v) is 5.59. The molecule has 1 heterocycles. The predicted octanol–water partition coefficient (Wildman–Crippen LogP) is 3.71. The van der Waals surface area contributed by atoms with Gasteiger partial charge >= 0.3 is 0 Å². The largest absolute Gasteiger partial charge is 0.374 e. The normalized spacial score (nSPS) is 27.2. The third kappa shape index (κ3) is 2.46. The zero-order chi connectivity index (χ0) is 13.2. The molecule has 2 atom stereocenters. The van der Waals surface area contributed by atoms with Gasteiger partial charge in [-0.15, -0.1) is 11.6 Å². The number of morpholine rings is 1. The maximum absolute atomic E-state index is 13.9. The Bertz CT molecular complexity index is 452. The fraction of sp³-hybridized carbons (Fsp3) is 0.600. The van der Waals surface area contributed by atoms with Crippen molar-refractivity contribution in [1.29, 1.82) is 0 Å². The summed E-state index contributed by atoms with van der Waals surface area (Å²) in [6.45, 7) is 1.55. The van der Waals surface area contributed by atoms with Gasteiger partial charge in [-0.25, -0.2) is 4.39 Å². The Balaban J connectivity index is 1.94. The van der Waals surface area contributed by atoms with Gasteiger partial charge in [0.25, 0.3) is 0 Å². The van der Waals surface area contributed by atoms with Gasteiger partial charge < -0.3 is 9.64 Å². The molecule has 2 fully saturated rings. The van der Waals surface area contributed by atoms with Crippen LogP contribution in [-0.4, -0.2) is 25.3 Å². The molecule has 0 amide bonds. The quantitative estimate of drug-likeness (QED) is 0.767. The number of fused-ring (bicyclic) bond motifs is 1. The summed E-state index contributed by atoms with van der Waals surface area (Å²) in [4.78, 5) is 2.31. The molecule has 2 nitrogen and oxygen atoms in total. The number of anilines is 1. The van der Waals surface area contributed by atoms with Crippen LogP contribution in [0.15, 0.2) is 18.2 Å². The summed E-state index contributed by atoms with van der Waals surface area (Å²) in [5.41, 5.74) is 1.57. The maximum atomic E-state index is 13.9. The molecule has 0 radical (unpaired) electrons. The number of hydrogen-bond acceptors (Lipinski definition) is 2. The number of hydrogen-bond donors (Lipinski definition) is 0. The molecule has 2 unspecified atom stereocenters. The summed E-state index contributed by atoms with van der Waals surface area (Å²) in [6.07, 6.45) is 5.01. The zero-order valence-electron chi connectivity index (χ0n) is 10.9. The van der Waals surface area contributed by atoms with Gasteiger partial charge in [0.1, 0.15) is 5.82 Å². The highest BCUT2D eigenvalue weighted by Gasteiger charge is 2.35. The van der Waals surface area contributed by atoms with Gasteiger partial charge in [-0.1, -0.05) is 18.9 Å². The third-order valence-electron chi connectivity index (χ3n) is 4.27. The molecule has 0 N–H and O–H groups in total. The molecule has 0 aromatic heterocycles. The summed E-state index contributed by atoms with van der Waals surface area (Å²) in [7, 11) is 0. The van der Waals surface area contributed by atoms with Crippen LogP contribution in [0.3, 0.4) is 0 Å². The van der Waals surface area contributed by atoms with Crippen molar-refractivity contribution in [3.63, 3.8) is 0 Å². The van der Waals surface area contributed by atoms with Crippen molar-refractivity contribution in [3.8, 4) is 0 Å². The molecule has 1 aliphatic carbocycles. The Morgan fingerprint density at radius 2 is 2.16 bits per heavy atom. The molecule has 0 bridgehead atoms. The first-order valence-corrected chi connectivity index (χ1v) is 7.56. The molecule has 4 heteroatoms. The van der Waals surface area contributed by atoms with Gasteiger partial charge in [-0.05, 0) is 25.0 Å². The maximum Gasteiger partial charge on any atom is 0.129 e. The molecule has 1 aliphatic heterocycles. The summed E-state index contributed by atoms with van der Waals surface area (Å²) in [6, 6.07) is 5.62. The topological polar surface area (TPSA) is 12.5 Å². The van der Waals surface area contributed by atoms with Crippen LogP contribution >= 0.6 is 11.6 Å². The van der Waals surface area contributed by atoms with E-state index >= 15 is 0 Å². The van der Waals surface area contributed by atoms with Crippen molar-refractivity contribution in [2.45, 2.75) is 43.7 Å². The van der Waals surface area contributed by atoms with E-state index in [1.165, 1.54) is 18.9 Å². The second-order valence-electron chi connectivity index (χ2n) is 5.33. The zero-order valence-corrected chi connectivity index (χ0v) is 11.7. The van der Waals surface area contributed by atoms with Gasteiger partial charge in [-0.3, -0.25) is 0 Å². The second kappa shape index (κ2) is 5.68. The summed E-state index contributed by atoms with van der Waals surface area (Å²) in [5.74, 6) is 0.0165. The van der Waals surface area contributed by atoms with E-state index < -0.39 is 0 Å². The lowest BCUT2D eigenvalue weighted by molar-refractivity contribution is -0.00874. The highest BCUT2D eigenvalue weighted by atomic mass is 35.5. The minimum absolute atomic E-state index is 0.202. The molecular weight excluding hydrogens is 265 g/mol. The minimum Gasteiger partial charge on any atom is -0.374 e. The lowest BCUT2D eigenvalue weighted by Crippen LogP contribution is -2.53. The van der Waals surface area contributed by atoms with E-state index in [9.17, 15) is 4.39 Å². The van der Waals surface area contributed by atoms with E-state index in [1.807, 2.05) is 6.07 Å². The standard InChI is InChI=1S/C15H19ClFNO/c16-10-11-12(17)4-3-6-13(11)18-8-9-19-15-7-2-1-5-14(15)18/h3-4,6,14-15H,1-2,5,7-10H2. The first kappa shape index (κ1) is 13.2. The SMILES string of the molecule is Fc1cccc(N2CCOC3CCCCC32)c1CCl. The molecule has 3 rings (SSSR count). The van der Waals surface area contributed by atoms with Crippen LogP contribution in [0.25, 0.3) is 0 Å². The fourth-order valence-corrected chi connectivity index (χ4v) is 3.61. The van der Waals surface area contributed by atoms with Crippen molar-refractivity contribution in [3.05, 3.63) is 29.6 Å². The molecular formula is C15H19ClFNO. The van der Waals surface area contributed by atoms with E-state index in [4.69, 9.17) is 16.3 Å². The van der Waals surface area contributed by atoms with Crippen LogP contribution in [0.2, 0.25) is 0 Å². The van der Waals surface area contributed by atoms with Crippen molar-refractivity contribution in [2.24, 2.45) is 0 Å². The van der Waals surface area contributed by atoms with Crippen molar-refractivity contribution in [2.75, 3.05) is 18.1 Å². The van der Waals surface area contributed by atoms with Crippen LogP contribution in [0.5, 0.6) is 0 Å². The molecule has 19 heavy (non-hydrogen) atoms. The number of alkyl halides is 1. The number of nitrogens with zero attached hydrogens (tertiary/aromatic N) is 1. The molecule has 2 aliphatic rings. The van der Waals surface area contributed by atoms with Crippen LogP contribution in [0.4, 0.5) is 10.1 Å². The Kier molecular flexibility index (Phi) is 3.94. The summed E-state index contributed by atoms with van der Waals surface area (Å²) in [5, 5.41) is 0. The van der Waals surface area contributed by atoms with Crippen molar-refractivity contribution in [1.82, 2.24) is 0 Å². The van der Waals surface area contributed by atoms with Crippen LogP contribution in [0, 0.1) is 5.82 Å². The van der Waals surface area contributed by atoms with E-state index in [1.54, 1.807) is 6.07 Å². The van der Waals surface area contributed by atoms with Crippen LogP contribution in [-0.2, 0) is 10.6 Å². The van der Waals surface area contributed by atoms with Gasteiger partial charge in [0, 0.05) is 17.8 Å². The van der Waals surface area contributed by atoms with Crippen molar-refractivity contribution < 1.29 is 9.13 Å². The summed E-state index contributed by atoms with van der Waals surface area (Å²) >= 11 is 5.93. The lowest BCUT2D eigenvalue weighted by atomic mass is 9.89. The average Bonchev–Trinajstić information content (AvgIpc) is 2.46. The molecule has 104 valence electrons. The van der Waals surface area contributed by atoms with E-state index in [-0.39, 0.29) is 11.7 Å². The molecule has 0 spiro atoms. The average molecular weight is 284 g/mol. The van der Waals surface area contributed by atoms with Crippen molar-refractivity contribution >= 4 is 17.3 Å². The highest BCUT2D eigenvalue weighted by Crippen LogP contribution is 2.34. The first-order chi connectivity index (χ1) is 9.31. The Morgan fingerprint density at radius 1 is 1.32 bits per heavy atom. The monoisotopic (exact) mass is 283 g/mol. The van der Waals surface area contributed by atoms with E-state index in [0.717, 1.165) is 31.7 Å². The molecule has 1 saturated heterocycles. The van der Waals surface area contributed by atoms with Gasteiger partial charge in [-0.2, -0.15) is 0 Å². The summed E-state index contributed by atoms with van der Waals surface area (Å²) < 4.78 is 19.8. The van der Waals surface area contributed by atoms with Crippen LogP contribution in [0.1, 0.15) is 31.2 Å². The number of benzene rings is 1. The Hall–Kier alpha value is -0.800. The fourth-order valence-electron chi connectivity index (χ4n) is 3.34.